The lowest BCUT2D eigenvalue weighted by Crippen LogP contribution is -2.08. The fourth-order valence-corrected chi connectivity index (χ4v) is 2.23. The molecule has 0 aliphatic heterocycles. The number of methoxy groups -OCH3 is 1. The summed E-state index contributed by atoms with van der Waals surface area (Å²) in [4.78, 5) is 15.6. The van der Waals surface area contributed by atoms with Crippen LogP contribution in [0.15, 0.2) is 29.0 Å². The molecule has 0 saturated carbocycles. The van der Waals surface area contributed by atoms with Gasteiger partial charge in [0.1, 0.15) is 5.69 Å². The van der Waals surface area contributed by atoms with Gasteiger partial charge in [-0.1, -0.05) is 0 Å². The zero-order valence-corrected chi connectivity index (χ0v) is 10.9. The van der Waals surface area contributed by atoms with Crippen LogP contribution in [-0.4, -0.2) is 27.8 Å². The van der Waals surface area contributed by atoms with E-state index in [1.807, 2.05) is 12.1 Å². The molecule has 2 rings (SSSR count). The van der Waals surface area contributed by atoms with Crippen molar-refractivity contribution in [2.24, 2.45) is 7.05 Å². The Bertz CT molecular complexity index is 551. The van der Waals surface area contributed by atoms with Crippen LogP contribution in [0.4, 0.5) is 0 Å². The van der Waals surface area contributed by atoms with Gasteiger partial charge in [-0.2, -0.15) is 5.10 Å². The lowest BCUT2D eigenvalue weighted by atomic mass is 10.2. The first kappa shape index (κ1) is 11.8. The first-order valence-corrected chi connectivity index (χ1v) is 5.65. The number of hydrogen-bond donors (Lipinski definition) is 0. The highest BCUT2D eigenvalue weighted by Crippen LogP contribution is 2.29. The molecule has 0 amide bonds. The summed E-state index contributed by atoms with van der Waals surface area (Å²) >= 11 is 3.37. The number of carbonyl (C=O) groups is 1. The van der Waals surface area contributed by atoms with Crippen molar-refractivity contribution in [2.75, 3.05) is 7.11 Å². The van der Waals surface area contributed by atoms with Gasteiger partial charge in [0.2, 0.25) is 0 Å². The van der Waals surface area contributed by atoms with E-state index in [9.17, 15) is 4.79 Å². The van der Waals surface area contributed by atoms with Crippen LogP contribution in [0.5, 0.6) is 0 Å². The third-order valence-electron chi connectivity index (χ3n) is 2.30. The van der Waals surface area contributed by atoms with Gasteiger partial charge in [-0.05, 0) is 28.1 Å². The van der Waals surface area contributed by atoms with Gasteiger partial charge in [0.25, 0.3) is 0 Å². The third-order valence-corrected chi connectivity index (χ3v) is 3.05. The van der Waals surface area contributed by atoms with Crippen LogP contribution in [-0.2, 0) is 11.8 Å². The van der Waals surface area contributed by atoms with Gasteiger partial charge in [0, 0.05) is 25.0 Å². The van der Waals surface area contributed by atoms with Crippen molar-refractivity contribution in [3.63, 3.8) is 0 Å². The molecule has 0 saturated heterocycles. The van der Waals surface area contributed by atoms with Crippen molar-refractivity contribution in [1.82, 2.24) is 14.8 Å². The van der Waals surface area contributed by atoms with Crippen LogP contribution in [0.3, 0.4) is 0 Å². The van der Waals surface area contributed by atoms with Crippen LogP contribution in [0, 0.1) is 0 Å². The molecule has 0 N–H and O–H groups in total. The van der Waals surface area contributed by atoms with E-state index in [4.69, 9.17) is 4.74 Å². The van der Waals surface area contributed by atoms with Gasteiger partial charge in [0.05, 0.1) is 11.6 Å². The summed E-state index contributed by atoms with van der Waals surface area (Å²) in [5, 5.41) is 4.28. The topological polar surface area (TPSA) is 57.0 Å². The number of nitrogens with zero attached hydrogens (tertiary/aromatic N) is 3. The summed E-state index contributed by atoms with van der Waals surface area (Å²) in [5.74, 6) is -0.429. The Balaban J connectivity index is 2.56. The molecular formula is C11H10BrN3O2. The Hall–Kier alpha value is -1.69. The second-order valence-corrected chi connectivity index (χ2v) is 4.16. The summed E-state index contributed by atoms with van der Waals surface area (Å²) in [6.45, 7) is 0. The van der Waals surface area contributed by atoms with E-state index in [1.54, 1.807) is 19.4 Å². The van der Waals surface area contributed by atoms with Crippen LogP contribution in [0.25, 0.3) is 11.3 Å². The number of pyridine rings is 1. The quantitative estimate of drug-likeness (QED) is 0.796. The SMILES string of the molecule is COC(=O)c1c(Br)c(-c2cccnc2)nn1C. The molecule has 88 valence electrons. The number of ether oxygens (including phenoxy) is 1. The highest BCUT2D eigenvalue weighted by Gasteiger charge is 2.21. The molecule has 6 heteroatoms. The maximum Gasteiger partial charge on any atom is 0.357 e. The summed E-state index contributed by atoms with van der Waals surface area (Å²) < 4.78 is 6.80. The Kier molecular flexibility index (Phi) is 3.23. The van der Waals surface area contributed by atoms with Gasteiger partial charge in [-0.25, -0.2) is 4.79 Å². The van der Waals surface area contributed by atoms with Crippen molar-refractivity contribution >= 4 is 21.9 Å². The second kappa shape index (κ2) is 4.67. The van der Waals surface area contributed by atoms with Crippen LogP contribution in [0.2, 0.25) is 0 Å². The number of halogens is 1. The molecule has 2 aromatic rings. The van der Waals surface area contributed by atoms with Crippen molar-refractivity contribution in [3.05, 3.63) is 34.7 Å². The number of aryl methyl sites for hydroxylation is 1. The van der Waals surface area contributed by atoms with E-state index in [0.29, 0.717) is 15.9 Å². The molecule has 0 bridgehead atoms. The smallest absolute Gasteiger partial charge is 0.357 e. The predicted octanol–water partition coefficient (Wildman–Crippen LogP) is 2.03. The maximum absolute atomic E-state index is 11.6. The van der Waals surface area contributed by atoms with Gasteiger partial charge >= 0.3 is 5.97 Å². The van der Waals surface area contributed by atoms with Gasteiger partial charge in [-0.3, -0.25) is 9.67 Å². The molecule has 2 heterocycles. The Morgan fingerprint density at radius 2 is 2.29 bits per heavy atom. The fraction of sp³-hybridized carbons (Fsp3) is 0.182. The lowest BCUT2D eigenvalue weighted by molar-refractivity contribution is 0.0587. The van der Waals surface area contributed by atoms with E-state index in [2.05, 4.69) is 26.0 Å². The Morgan fingerprint density at radius 1 is 1.53 bits per heavy atom. The Morgan fingerprint density at radius 3 is 2.88 bits per heavy atom. The summed E-state index contributed by atoms with van der Waals surface area (Å²) in [5.41, 5.74) is 1.89. The number of esters is 1. The first-order chi connectivity index (χ1) is 8.15. The monoisotopic (exact) mass is 295 g/mol. The van der Waals surface area contributed by atoms with E-state index in [1.165, 1.54) is 11.8 Å². The standard InChI is InChI=1S/C11H10BrN3O2/c1-15-10(11(16)17-2)8(12)9(14-15)7-4-3-5-13-6-7/h3-6H,1-2H3. The van der Waals surface area contributed by atoms with Crippen molar-refractivity contribution in [3.8, 4) is 11.3 Å². The zero-order valence-electron chi connectivity index (χ0n) is 9.35. The molecule has 0 unspecified atom stereocenters. The first-order valence-electron chi connectivity index (χ1n) is 4.86. The maximum atomic E-state index is 11.6. The average molecular weight is 296 g/mol. The van der Waals surface area contributed by atoms with E-state index < -0.39 is 5.97 Å². The molecule has 2 aromatic heterocycles. The molecule has 17 heavy (non-hydrogen) atoms. The molecule has 5 nitrogen and oxygen atoms in total. The largest absolute Gasteiger partial charge is 0.464 e. The molecule has 0 spiro atoms. The minimum atomic E-state index is -0.429. The zero-order chi connectivity index (χ0) is 12.4. The molecule has 0 aromatic carbocycles. The lowest BCUT2D eigenvalue weighted by Gasteiger charge is -1.99. The number of hydrogen-bond acceptors (Lipinski definition) is 4. The number of aromatic nitrogens is 3. The molecule has 0 fully saturated rings. The fourth-order valence-electron chi connectivity index (χ4n) is 1.50. The summed E-state index contributed by atoms with van der Waals surface area (Å²) in [6, 6.07) is 3.69. The highest BCUT2D eigenvalue weighted by molar-refractivity contribution is 9.10. The predicted molar refractivity (Wildman–Crippen MR) is 65.5 cm³/mol. The van der Waals surface area contributed by atoms with Crippen molar-refractivity contribution < 1.29 is 9.53 Å². The Labute approximate surface area is 107 Å². The minimum absolute atomic E-state index is 0.381. The molecule has 0 radical (unpaired) electrons. The van der Waals surface area contributed by atoms with Crippen molar-refractivity contribution in [2.45, 2.75) is 0 Å². The van der Waals surface area contributed by atoms with E-state index in [-0.39, 0.29) is 0 Å². The van der Waals surface area contributed by atoms with E-state index >= 15 is 0 Å². The van der Waals surface area contributed by atoms with Crippen molar-refractivity contribution in [1.29, 1.82) is 0 Å². The third kappa shape index (κ3) is 2.08. The summed E-state index contributed by atoms with van der Waals surface area (Å²) in [7, 11) is 3.03. The normalized spacial score (nSPS) is 10.3. The van der Waals surface area contributed by atoms with Gasteiger partial charge in [0.15, 0.2) is 5.69 Å². The van der Waals surface area contributed by atoms with E-state index in [0.717, 1.165) is 5.56 Å². The van der Waals surface area contributed by atoms with Gasteiger partial charge < -0.3 is 4.74 Å². The van der Waals surface area contributed by atoms with Crippen LogP contribution >= 0.6 is 15.9 Å². The van der Waals surface area contributed by atoms with Crippen LogP contribution in [0.1, 0.15) is 10.5 Å². The minimum Gasteiger partial charge on any atom is -0.464 e. The molecular weight excluding hydrogens is 286 g/mol. The summed E-state index contributed by atoms with van der Waals surface area (Å²) in [6.07, 6.45) is 3.37. The average Bonchev–Trinajstić information content (AvgIpc) is 2.65. The molecule has 0 atom stereocenters. The highest BCUT2D eigenvalue weighted by atomic mass is 79.9. The number of carbonyl (C=O) groups excluding carboxylic acids is 1. The second-order valence-electron chi connectivity index (χ2n) is 3.37. The van der Waals surface area contributed by atoms with Gasteiger partial charge in [-0.15, -0.1) is 0 Å². The molecule has 0 aliphatic carbocycles. The van der Waals surface area contributed by atoms with Crippen LogP contribution < -0.4 is 0 Å². The molecule has 0 aliphatic rings. The number of rotatable bonds is 2.